The first-order valence-electron chi connectivity index (χ1n) is 10.1. The fourth-order valence-corrected chi connectivity index (χ4v) is 3.17. The third-order valence-corrected chi connectivity index (χ3v) is 5.24. The van der Waals surface area contributed by atoms with Crippen molar-refractivity contribution in [3.05, 3.63) is 64.7 Å². The monoisotopic (exact) mass is 409 g/mol. The van der Waals surface area contributed by atoms with Crippen molar-refractivity contribution in [1.29, 1.82) is 0 Å². The van der Waals surface area contributed by atoms with Crippen LogP contribution in [0.4, 0.5) is 5.69 Å². The molecule has 0 bridgehead atoms. The van der Waals surface area contributed by atoms with Gasteiger partial charge in [0, 0.05) is 18.3 Å². The molecule has 0 spiro atoms. The van der Waals surface area contributed by atoms with Gasteiger partial charge in [-0.2, -0.15) is 0 Å². The van der Waals surface area contributed by atoms with Gasteiger partial charge in [-0.25, -0.2) is 0 Å². The maximum absolute atomic E-state index is 13.0. The van der Waals surface area contributed by atoms with E-state index in [0.717, 1.165) is 22.4 Å². The Bertz CT molecular complexity index is 937. The topological polar surface area (TPSA) is 78.5 Å². The fraction of sp³-hybridized carbons (Fsp3) is 0.375. The Morgan fingerprint density at radius 1 is 0.933 bits per heavy atom. The van der Waals surface area contributed by atoms with Crippen LogP contribution >= 0.6 is 0 Å². The Hall–Kier alpha value is -3.15. The van der Waals surface area contributed by atoms with Gasteiger partial charge in [-0.15, -0.1) is 0 Å². The predicted octanol–water partition coefficient (Wildman–Crippen LogP) is 3.46. The lowest BCUT2D eigenvalue weighted by Gasteiger charge is -2.27. The van der Waals surface area contributed by atoms with Crippen LogP contribution in [0.5, 0.6) is 0 Å². The van der Waals surface area contributed by atoms with E-state index in [4.69, 9.17) is 0 Å². The van der Waals surface area contributed by atoms with E-state index in [1.165, 1.54) is 4.90 Å². The van der Waals surface area contributed by atoms with E-state index in [0.29, 0.717) is 5.56 Å². The van der Waals surface area contributed by atoms with Crippen molar-refractivity contribution in [1.82, 2.24) is 10.2 Å². The first kappa shape index (κ1) is 23.1. The summed E-state index contributed by atoms with van der Waals surface area (Å²) in [5.41, 5.74) is 4.17. The molecular weight excluding hydrogens is 378 g/mol. The minimum Gasteiger partial charge on any atom is -0.340 e. The molecule has 0 aliphatic heterocycles. The SMILES string of the molecule is Cc1ccccc1C(=O)NC(C(=O)N(C)CC(=O)Nc1cccc(C)c1C)C(C)C. The largest absolute Gasteiger partial charge is 0.340 e. The van der Waals surface area contributed by atoms with Gasteiger partial charge in [-0.05, 0) is 55.5 Å². The normalized spacial score (nSPS) is 11.7. The van der Waals surface area contributed by atoms with Gasteiger partial charge >= 0.3 is 0 Å². The van der Waals surface area contributed by atoms with Gasteiger partial charge in [0.15, 0.2) is 0 Å². The van der Waals surface area contributed by atoms with Gasteiger partial charge in [0.25, 0.3) is 5.91 Å². The third-order valence-electron chi connectivity index (χ3n) is 5.24. The van der Waals surface area contributed by atoms with Crippen molar-refractivity contribution >= 4 is 23.4 Å². The summed E-state index contributed by atoms with van der Waals surface area (Å²) in [4.78, 5) is 39.5. The van der Waals surface area contributed by atoms with Crippen LogP contribution in [0.3, 0.4) is 0 Å². The highest BCUT2D eigenvalue weighted by Gasteiger charge is 2.28. The van der Waals surface area contributed by atoms with Gasteiger partial charge < -0.3 is 15.5 Å². The highest BCUT2D eigenvalue weighted by atomic mass is 16.2. The number of aryl methyl sites for hydroxylation is 2. The molecule has 2 rings (SSSR count). The zero-order valence-corrected chi connectivity index (χ0v) is 18.6. The summed E-state index contributed by atoms with van der Waals surface area (Å²) in [6.07, 6.45) is 0. The van der Waals surface area contributed by atoms with E-state index in [1.54, 1.807) is 19.2 Å². The average molecular weight is 410 g/mol. The highest BCUT2D eigenvalue weighted by molar-refractivity contribution is 6.00. The molecule has 0 fully saturated rings. The maximum Gasteiger partial charge on any atom is 0.252 e. The molecule has 1 atom stereocenters. The lowest BCUT2D eigenvalue weighted by Crippen LogP contribution is -2.51. The van der Waals surface area contributed by atoms with E-state index in [9.17, 15) is 14.4 Å². The summed E-state index contributed by atoms with van der Waals surface area (Å²) in [5, 5.41) is 5.69. The number of carbonyl (C=O) groups is 3. The minimum atomic E-state index is -0.726. The van der Waals surface area contributed by atoms with Gasteiger partial charge in [0.2, 0.25) is 11.8 Å². The minimum absolute atomic E-state index is 0.102. The number of rotatable bonds is 7. The number of anilines is 1. The standard InChI is InChI=1S/C24H31N3O3/c1-15(2)22(26-23(29)19-12-8-7-10-17(19)4)24(30)27(6)14-21(28)25-20-13-9-11-16(3)18(20)5/h7-13,15,22H,14H2,1-6H3,(H,25,28)(H,26,29). The van der Waals surface area contributed by atoms with Crippen molar-refractivity contribution in [2.75, 3.05) is 18.9 Å². The van der Waals surface area contributed by atoms with Crippen LogP contribution in [-0.2, 0) is 9.59 Å². The second-order valence-electron chi connectivity index (χ2n) is 8.00. The van der Waals surface area contributed by atoms with Crippen LogP contribution < -0.4 is 10.6 Å². The van der Waals surface area contributed by atoms with Crippen molar-refractivity contribution in [3.63, 3.8) is 0 Å². The average Bonchev–Trinajstić information content (AvgIpc) is 2.69. The molecule has 160 valence electrons. The van der Waals surface area contributed by atoms with E-state index in [2.05, 4.69) is 10.6 Å². The Balaban J connectivity index is 2.05. The molecule has 2 aromatic carbocycles. The summed E-state index contributed by atoms with van der Waals surface area (Å²) in [7, 11) is 1.57. The summed E-state index contributed by atoms with van der Waals surface area (Å²) >= 11 is 0. The number of hydrogen-bond acceptors (Lipinski definition) is 3. The van der Waals surface area contributed by atoms with Gasteiger partial charge in [0.05, 0.1) is 6.54 Å². The number of amides is 3. The Morgan fingerprint density at radius 2 is 1.57 bits per heavy atom. The molecule has 0 aromatic heterocycles. The zero-order valence-electron chi connectivity index (χ0n) is 18.6. The molecule has 1 unspecified atom stereocenters. The second kappa shape index (κ2) is 10.1. The summed E-state index contributed by atoms with van der Waals surface area (Å²) in [6, 6.07) is 12.2. The van der Waals surface area contributed by atoms with Crippen LogP contribution in [0.1, 0.15) is 40.9 Å². The quantitative estimate of drug-likeness (QED) is 0.735. The van der Waals surface area contributed by atoms with E-state index in [1.807, 2.05) is 65.0 Å². The number of nitrogens with one attached hydrogen (secondary N) is 2. The van der Waals surface area contributed by atoms with Crippen LogP contribution in [0.25, 0.3) is 0 Å². The molecule has 3 amide bonds. The van der Waals surface area contributed by atoms with E-state index in [-0.39, 0.29) is 30.2 Å². The Labute approximate surface area is 178 Å². The first-order valence-corrected chi connectivity index (χ1v) is 10.1. The first-order chi connectivity index (χ1) is 14.1. The Kier molecular flexibility index (Phi) is 7.75. The number of nitrogens with zero attached hydrogens (tertiary/aromatic N) is 1. The molecule has 0 saturated heterocycles. The third kappa shape index (κ3) is 5.69. The van der Waals surface area contributed by atoms with Crippen molar-refractivity contribution < 1.29 is 14.4 Å². The lowest BCUT2D eigenvalue weighted by atomic mass is 10.0. The summed E-state index contributed by atoms with van der Waals surface area (Å²) < 4.78 is 0. The molecule has 6 heteroatoms. The molecule has 30 heavy (non-hydrogen) atoms. The molecule has 0 aliphatic carbocycles. The fourth-order valence-electron chi connectivity index (χ4n) is 3.17. The van der Waals surface area contributed by atoms with Gasteiger partial charge in [-0.3, -0.25) is 14.4 Å². The molecule has 0 radical (unpaired) electrons. The number of benzene rings is 2. The van der Waals surface area contributed by atoms with E-state index < -0.39 is 6.04 Å². The van der Waals surface area contributed by atoms with E-state index >= 15 is 0 Å². The van der Waals surface area contributed by atoms with Gasteiger partial charge in [0.1, 0.15) is 6.04 Å². The maximum atomic E-state index is 13.0. The molecule has 0 aliphatic rings. The summed E-state index contributed by atoms with van der Waals surface area (Å²) in [6.45, 7) is 9.40. The highest BCUT2D eigenvalue weighted by Crippen LogP contribution is 2.18. The molecule has 2 aromatic rings. The Morgan fingerprint density at radius 3 is 2.20 bits per heavy atom. The van der Waals surface area contributed by atoms with Crippen molar-refractivity contribution in [2.24, 2.45) is 5.92 Å². The molecule has 0 saturated carbocycles. The van der Waals surface area contributed by atoms with Crippen LogP contribution in [0, 0.1) is 26.7 Å². The molecule has 0 heterocycles. The predicted molar refractivity (Wildman–Crippen MR) is 119 cm³/mol. The molecule has 6 nitrogen and oxygen atoms in total. The second-order valence-corrected chi connectivity index (χ2v) is 8.00. The van der Waals surface area contributed by atoms with Gasteiger partial charge in [-0.1, -0.05) is 44.2 Å². The number of likely N-dealkylation sites (N-methyl/N-ethyl adjacent to an activating group) is 1. The van der Waals surface area contributed by atoms with Crippen LogP contribution in [0.2, 0.25) is 0 Å². The lowest BCUT2D eigenvalue weighted by molar-refractivity contribution is -0.135. The van der Waals surface area contributed by atoms with Crippen molar-refractivity contribution in [3.8, 4) is 0 Å². The van der Waals surface area contributed by atoms with Crippen LogP contribution in [-0.4, -0.2) is 42.3 Å². The van der Waals surface area contributed by atoms with Crippen LogP contribution in [0.15, 0.2) is 42.5 Å². The number of carbonyl (C=O) groups excluding carboxylic acids is 3. The zero-order chi connectivity index (χ0) is 22.4. The van der Waals surface area contributed by atoms with Crippen molar-refractivity contribution in [2.45, 2.75) is 40.7 Å². The molecule has 2 N–H and O–H groups in total. The number of hydrogen-bond donors (Lipinski definition) is 2. The molecular formula is C24H31N3O3. The summed E-state index contributed by atoms with van der Waals surface area (Å²) in [5.74, 6) is -1.02. The smallest absolute Gasteiger partial charge is 0.252 e.